The van der Waals surface area contributed by atoms with E-state index in [-0.39, 0.29) is 5.56 Å². The van der Waals surface area contributed by atoms with Gasteiger partial charge in [0.05, 0.1) is 23.3 Å². The van der Waals surface area contributed by atoms with Gasteiger partial charge in [-0.3, -0.25) is 0 Å². The number of carboxylic acid groups (broad SMARTS) is 1. The Labute approximate surface area is 104 Å². The second kappa shape index (κ2) is 5.22. The summed E-state index contributed by atoms with van der Waals surface area (Å²) < 4.78 is 1.92. The first-order valence-electron chi connectivity index (χ1n) is 5.49. The summed E-state index contributed by atoms with van der Waals surface area (Å²) in [4.78, 5) is 14.8. The van der Waals surface area contributed by atoms with Crippen LogP contribution in [-0.2, 0) is 6.54 Å². The van der Waals surface area contributed by atoms with Crippen molar-refractivity contribution in [3.8, 4) is 0 Å². The molecule has 94 valence electrons. The van der Waals surface area contributed by atoms with Crippen LogP contribution >= 0.6 is 0 Å². The Bertz CT molecular complexity index is 537. The fourth-order valence-electron chi connectivity index (χ4n) is 1.58. The summed E-state index contributed by atoms with van der Waals surface area (Å²) in [5, 5.41) is 12.0. The van der Waals surface area contributed by atoms with Gasteiger partial charge in [0, 0.05) is 25.5 Å². The molecule has 0 aliphatic carbocycles. The zero-order valence-electron chi connectivity index (χ0n) is 9.71. The number of nitrogens with zero attached hydrogens (tertiary/aromatic N) is 2. The number of benzene rings is 1. The molecule has 4 N–H and O–H groups in total. The van der Waals surface area contributed by atoms with E-state index in [0.717, 1.165) is 6.54 Å². The number of nitrogen functional groups attached to an aromatic ring is 1. The fourth-order valence-corrected chi connectivity index (χ4v) is 1.58. The highest BCUT2D eigenvalue weighted by molar-refractivity contribution is 5.90. The second-order valence-electron chi connectivity index (χ2n) is 3.83. The van der Waals surface area contributed by atoms with Gasteiger partial charge in [0.15, 0.2) is 0 Å². The number of aromatic carboxylic acids is 1. The SMILES string of the molecule is Nc1ccc(C(=O)O)cc1NCCn1ccnc1. The van der Waals surface area contributed by atoms with E-state index in [0.29, 0.717) is 17.9 Å². The maximum Gasteiger partial charge on any atom is 0.335 e. The minimum Gasteiger partial charge on any atom is -0.478 e. The predicted molar refractivity (Wildman–Crippen MR) is 68.5 cm³/mol. The summed E-state index contributed by atoms with van der Waals surface area (Å²) in [6.07, 6.45) is 5.29. The lowest BCUT2D eigenvalue weighted by molar-refractivity contribution is 0.0697. The van der Waals surface area contributed by atoms with Gasteiger partial charge in [-0.05, 0) is 18.2 Å². The van der Waals surface area contributed by atoms with Crippen molar-refractivity contribution >= 4 is 17.3 Å². The van der Waals surface area contributed by atoms with Crippen LogP contribution in [0, 0.1) is 0 Å². The smallest absolute Gasteiger partial charge is 0.335 e. The van der Waals surface area contributed by atoms with E-state index in [4.69, 9.17) is 10.8 Å². The maximum atomic E-state index is 10.8. The lowest BCUT2D eigenvalue weighted by Gasteiger charge is -2.10. The molecule has 2 aromatic rings. The van der Waals surface area contributed by atoms with Crippen LogP contribution in [0.15, 0.2) is 36.9 Å². The first-order chi connectivity index (χ1) is 8.66. The number of hydrogen-bond acceptors (Lipinski definition) is 4. The first-order valence-corrected chi connectivity index (χ1v) is 5.49. The molecule has 0 atom stereocenters. The zero-order chi connectivity index (χ0) is 13.0. The van der Waals surface area contributed by atoms with E-state index in [2.05, 4.69) is 10.3 Å². The second-order valence-corrected chi connectivity index (χ2v) is 3.83. The number of imidazole rings is 1. The quantitative estimate of drug-likeness (QED) is 0.691. The van der Waals surface area contributed by atoms with Crippen LogP contribution in [0.5, 0.6) is 0 Å². The summed E-state index contributed by atoms with van der Waals surface area (Å²) in [5.41, 5.74) is 7.16. The fraction of sp³-hybridized carbons (Fsp3) is 0.167. The van der Waals surface area contributed by atoms with Gasteiger partial charge in [0.25, 0.3) is 0 Å². The molecule has 0 saturated carbocycles. The highest BCUT2D eigenvalue weighted by Crippen LogP contribution is 2.19. The van der Waals surface area contributed by atoms with Crippen LogP contribution in [0.4, 0.5) is 11.4 Å². The standard InChI is InChI=1S/C12H14N4O2/c13-10-2-1-9(12(17)18)7-11(10)15-4-6-16-5-3-14-8-16/h1-3,5,7-8,15H,4,6,13H2,(H,17,18). The van der Waals surface area contributed by atoms with Gasteiger partial charge >= 0.3 is 5.97 Å². The van der Waals surface area contributed by atoms with Crippen molar-refractivity contribution in [1.29, 1.82) is 0 Å². The van der Waals surface area contributed by atoms with Crippen LogP contribution < -0.4 is 11.1 Å². The van der Waals surface area contributed by atoms with Crippen molar-refractivity contribution in [2.75, 3.05) is 17.6 Å². The molecule has 1 heterocycles. The van der Waals surface area contributed by atoms with E-state index >= 15 is 0 Å². The third-order valence-corrected chi connectivity index (χ3v) is 2.54. The normalized spacial score (nSPS) is 10.2. The Hall–Kier alpha value is -2.50. The summed E-state index contributed by atoms with van der Waals surface area (Å²) >= 11 is 0. The molecule has 0 radical (unpaired) electrons. The molecule has 1 aromatic heterocycles. The third-order valence-electron chi connectivity index (χ3n) is 2.54. The Morgan fingerprint density at radius 2 is 2.33 bits per heavy atom. The molecular weight excluding hydrogens is 232 g/mol. The van der Waals surface area contributed by atoms with Crippen molar-refractivity contribution in [3.05, 3.63) is 42.5 Å². The van der Waals surface area contributed by atoms with Gasteiger partial charge in [-0.1, -0.05) is 0 Å². The molecule has 0 amide bonds. The highest BCUT2D eigenvalue weighted by Gasteiger charge is 2.06. The molecule has 18 heavy (non-hydrogen) atoms. The maximum absolute atomic E-state index is 10.8. The number of aromatic nitrogens is 2. The summed E-state index contributed by atoms with van der Waals surface area (Å²) in [6, 6.07) is 4.60. The molecule has 0 aliphatic heterocycles. The Kier molecular flexibility index (Phi) is 3.47. The minimum absolute atomic E-state index is 0.217. The van der Waals surface area contributed by atoms with Crippen molar-refractivity contribution < 1.29 is 9.90 Å². The van der Waals surface area contributed by atoms with Crippen molar-refractivity contribution in [1.82, 2.24) is 9.55 Å². The van der Waals surface area contributed by atoms with Gasteiger partial charge in [0.2, 0.25) is 0 Å². The van der Waals surface area contributed by atoms with Crippen LogP contribution in [-0.4, -0.2) is 27.2 Å². The van der Waals surface area contributed by atoms with Crippen molar-refractivity contribution in [2.24, 2.45) is 0 Å². The number of anilines is 2. The molecule has 1 aromatic carbocycles. The highest BCUT2D eigenvalue weighted by atomic mass is 16.4. The largest absolute Gasteiger partial charge is 0.478 e. The molecule has 0 saturated heterocycles. The van der Waals surface area contributed by atoms with Crippen LogP contribution in [0.3, 0.4) is 0 Å². The monoisotopic (exact) mass is 246 g/mol. The lowest BCUT2D eigenvalue weighted by Crippen LogP contribution is -2.11. The molecule has 0 unspecified atom stereocenters. The number of carboxylic acids is 1. The average molecular weight is 246 g/mol. The zero-order valence-corrected chi connectivity index (χ0v) is 9.71. The molecule has 2 rings (SSSR count). The lowest BCUT2D eigenvalue weighted by atomic mass is 10.1. The predicted octanol–water partition coefficient (Wildman–Crippen LogP) is 1.28. The van der Waals surface area contributed by atoms with Crippen LogP contribution in [0.1, 0.15) is 10.4 Å². The van der Waals surface area contributed by atoms with E-state index in [1.165, 1.54) is 12.1 Å². The molecule has 0 bridgehead atoms. The molecule has 6 nitrogen and oxygen atoms in total. The Morgan fingerprint density at radius 1 is 1.50 bits per heavy atom. The van der Waals surface area contributed by atoms with Gasteiger partial charge < -0.3 is 20.7 Å². The average Bonchev–Trinajstić information content (AvgIpc) is 2.84. The third kappa shape index (κ3) is 2.79. The summed E-state index contributed by atoms with van der Waals surface area (Å²) in [7, 11) is 0. The van der Waals surface area contributed by atoms with Gasteiger partial charge in [-0.15, -0.1) is 0 Å². The topological polar surface area (TPSA) is 93.2 Å². The van der Waals surface area contributed by atoms with Crippen molar-refractivity contribution in [2.45, 2.75) is 6.54 Å². The van der Waals surface area contributed by atoms with Gasteiger partial charge in [0.1, 0.15) is 0 Å². The van der Waals surface area contributed by atoms with Crippen LogP contribution in [0.25, 0.3) is 0 Å². The number of hydrogen-bond donors (Lipinski definition) is 3. The number of nitrogens with two attached hydrogens (primary N) is 1. The Morgan fingerprint density at radius 3 is 3.00 bits per heavy atom. The Balaban J connectivity index is 2.00. The van der Waals surface area contributed by atoms with Gasteiger partial charge in [-0.25, -0.2) is 9.78 Å². The van der Waals surface area contributed by atoms with E-state index in [1.807, 2.05) is 10.8 Å². The molecule has 6 heteroatoms. The summed E-state index contributed by atoms with van der Waals surface area (Å²) in [6.45, 7) is 1.38. The molecule has 0 fully saturated rings. The number of rotatable bonds is 5. The van der Waals surface area contributed by atoms with E-state index < -0.39 is 5.97 Å². The van der Waals surface area contributed by atoms with Crippen LogP contribution in [0.2, 0.25) is 0 Å². The summed E-state index contributed by atoms with van der Waals surface area (Å²) in [5.74, 6) is -0.965. The van der Waals surface area contributed by atoms with E-state index in [9.17, 15) is 4.79 Å². The van der Waals surface area contributed by atoms with Gasteiger partial charge in [-0.2, -0.15) is 0 Å². The molecular formula is C12H14N4O2. The molecule has 0 aliphatic rings. The molecule has 0 spiro atoms. The number of carbonyl (C=O) groups is 1. The van der Waals surface area contributed by atoms with E-state index in [1.54, 1.807) is 18.6 Å². The van der Waals surface area contributed by atoms with Crippen molar-refractivity contribution in [3.63, 3.8) is 0 Å². The first kappa shape index (κ1) is 12.0. The minimum atomic E-state index is -0.965. The number of nitrogens with one attached hydrogen (secondary N) is 1.